The summed E-state index contributed by atoms with van der Waals surface area (Å²) in [5, 5.41) is 5.53. The summed E-state index contributed by atoms with van der Waals surface area (Å²) >= 11 is 0. The van der Waals surface area contributed by atoms with Crippen LogP contribution in [0.3, 0.4) is 0 Å². The van der Waals surface area contributed by atoms with Crippen molar-refractivity contribution >= 4 is 23.8 Å². The lowest BCUT2D eigenvalue weighted by Gasteiger charge is -2.40. The van der Waals surface area contributed by atoms with Gasteiger partial charge >= 0.3 is 12.0 Å². The zero-order chi connectivity index (χ0) is 22.0. The summed E-state index contributed by atoms with van der Waals surface area (Å²) in [6.07, 6.45) is 2.84. The van der Waals surface area contributed by atoms with Crippen LogP contribution >= 0.6 is 0 Å². The molecule has 2 fully saturated rings. The summed E-state index contributed by atoms with van der Waals surface area (Å²) in [5.41, 5.74) is -0.756. The van der Waals surface area contributed by atoms with E-state index in [1.165, 1.54) is 0 Å². The molecule has 29 heavy (non-hydrogen) atoms. The fourth-order valence-electron chi connectivity index (χ4n) is 3.92. The molecule has 0 bridgehead atoms. The van der Waals surface area contributed by atoms with Crippen LogP contribution in [0.1, 0.15) is 67.2 Å². The Balaban J connectivity index is 1.87. The van der Waals surface area contributed by atoms with Crippen LogP contribution in [0.15, 0.2) is 0 Å². The van der Waals surface area contributed by atoms with Gasteiger partial charge in [-0.3, -0.25) is 19.3 Å². The first-order valence-electron chi connectivity index (χ1n) is 10.4. The summed E-state index contributed by atoms with van der Waals surface area (Å²) in [4.78, 5) is 50.1. The van der Waals surface area contributed by atoms with E-state index in [9.17, 15) is 19.2 Å². The second kappa shape index (κ2) is 8.71. The van der Waals surface area contributed by atoms with Gasteiger partial charge in [0.2, 0.25) is 0 Å². The lowest BCUT2D eigenvalue weighted by molar-refractivity contribution is -0.151. The van der Waals surface area contributed by atoms with E-state index in [1.807, 2.05) is 20.8 Å². The molecule has 1 spiro atoms. The summed E-state index contributed by atoms with van der Waals surface area (Å²) < 4.78 is 4.96. The van der Waals surface area contributed by atoms with Crippen LogP contribution < -0.4 is 10.6 Å². The fraction of sp³-hybridized carbons (Fsp3) is 0.810. The number of urea groups is 1. The number of carbonyl (C=O) groups excluding carboxylic acids is 4. The van der Waals surface area contributed by atoms with Crippen molar-refractivity contribution in [2.24, 2.45) is 17.3 Å². The van der Waals surface area contributed by atoms with Crippen molar-refractivity contribution < 1.29 is 23.9 Å². The van der Waals surface area contributed by atoms with Crippen molar-refractivity contribution in [1.29, 1.82) is 0 Å². The minimum atomic E-state index is -0.914. The van der Waals surface area contributed by atoms with Gasteiger partial charge in [0, 0.05) is 6.04 Å². The standard InChI is InChI=1S/C21H35N3O5/c1-13(2)14(3)22-16(25)12-29-17(26)11-24-18(27)21(23-19(24)28)9-7-15(8-10-21)20(4,5)6/h13-15H,7-12H2,1-6H3,(H,22,25)(H,23,28). The molecule has 164 valence electrons. The van der Waals surface area contributed by atoms with E-state index in [-0.39, 0.29) is 23.3 Å². The molecule has 1 unspecified atom stereocenters. The first-order chi connectivity index (χ1) is 13.4. The molecule has 1 saturated carbocycles. The van der Waals surface area contributed by atoms with Crippen LogP contribution in [0.4, 0.5) is 4.79 Å². The lowest BCUT2D eigenvalue weighted by Crippen LogP contribution is -2.50. The Kier molecular flexibility index (Phi) is 6.96. The molecule has 2 rings (SSSR count). The van der Waals surface area contributed by atoms with E-state index in [4.69, 9.17) is 4.74 Å². The van der Waals surface area contributed by atoms with Crippen molar-refractivity contribution in [3.63, 3.8) is 0 Å². The first-order valence-corrected chi connectivity index (χ1v) is 10.4. The summed E-state index contributed by atoms with van der Waals surface area (Å²) in [6, 6.07) is -0.616. The molecule has 1 aliphatic carbocycles. The van der Waals surface area contributed by atoms with Gasteiger partial charge in [0.05, 0.1) is 0 Å². The summed E-state index contributed by atoms with van der Waals surface area (Å²) in [5.74, 6) is -0.812. The van der Waals surface area contributed by atoms with Gasteiger partial charge in [0.15, 0.2) is 6.61 Å². The monoisotopic (exact) mass is 409 g/mol. The van der Waals surface area contributed by atoms with E-state index in [2.05, 4.69) is 31.4 Å². The van der Waals surface area contributed by atoms with Crippen molar-refractivity contribution in [2.45, 2.75) is 78.8 Å². The molecule has 8 nitrogen and oxygen atoms in total. The Hall–Kier alpha value is -2.12. The molecule has 0 aromatic heterocycles. The highest BCUT2D eigenvalue weighted by Crippen LogP contribution is 2.43. The van der Waals surface area contributed by atoms with Crippen LogP contribution in [0, 0.1) is 17.3 Å². The van der Waals surface area contributed by atoms with E-state index in [0.29, 0.717) is 18.8 Å². The van der Waals surface area contributed by atoms with Crippen molar-refractivity contribution in [3.8, 4) is 0 Å². The van der Waals surface area contributed by atoms with Crippen LogP contribution in [-0.2, 0) is 19.1 Å². The molecule has 1 saturated heterocycles. The third-order valence-corrected chi connectivity index (χ3v) is 6.35. The molecule has 0 radical (unpaired) electrons. The number of ether oxygens (including phenoxy) is 1. The number of hydrogen-bond acceptors (Lipinski definition) is 5. The Morgan fingerprint density at radius 3 is 2.31 bits per heavy atom. The molecule has 4 amide bonds. The van der Waals surface area contributed by atoms with Crippen LogP contribution in [0.2, 0.25) is 0 Å². The fourth-order valence-corrected chi connectivity index (χ4v) is 3.92. The van der Waals surface area contributed by atoms with Crippen LogP contribution in [0.25, 0.3) is 0 Å². The second-order valence-corrected chi connectivity index (χ2v) is 9.80. The quantitative estimate of drug-likeness (QED) is 0.517. The van der Waals surface area contributed by atoms with E-state index >= 15 is 0 Å². The maximum absolute atomic E-state index is 12.9. The summed E-state index contributed by atoms with van der Waals surface area (Å²) in [6.45, 7) is 11.4. The predicted molar refractivity (Wildman–Crippen MR) is 108 cm³/mol. The normalized spacial score (nSPS) is 25.9. The van der Waals surface area contributed by atoms with Crippen LogP contribution in [0.5, 0.6) is 0 Å². The van der Waals surface area contributed by atoms with Gasteiger partial charge in [-0.05, 0) is 49.9 Å². The molecule has 8 heteroatoms. The third-order valence-electron chi connectivity index (χ3n) is 6.35. The van der Waals surface area contributed by atoms with Crippen molar-refractivity contribution in [2.75, 3.05) is 13.2 Å². The predicted octanol–water partition coefficient (Wildman–Crippen LogP) is 2.22. The Morgan fingerprint density at radius 2 is 1.79 bits per heavy atom. The molecule has 2 aliphatic rings. The SMILES string of the molecule is CC(C)C(C)NC(=O)COC(=O)CN1C(=O)NC2(CCC(C(C)(C)C)CC2)C1=O. The Labute approximate surface area is 173 Å². The number of carbonyl (C=O) groups is 4. The number of nitrogens with one attached hydrogen (secondary N) is 2. The maximum atomic E-state index is 12.9. The van der Waals surface area contributed by atoms with Gasteiger partial charge in [-0.1, -0.05) is 34.6 Å². The van der Waals surface area contributed by atoms with Gasteiger partial charge in [-0.15, -0.1) is 0 Å². The zero-order valence-electron chi connectivity index (χ0n) is 18.5. The topological polar surface area (TPSA) is 105 Å². The molecule has 1 atom stereocenters. The molecule has 2 N–H and O–H groups in total. The largest absolute Gasteiger partial charge is 0.454 e. The number of amides is 4. The number of nitrogens with zero attached hydrogens (tertiary/aromatic N) is 1. The summed E-state index contributed by atoms with van der Waals surface area (Å²) in [7, 11) is 0. The van der Waals surface area contributed by atoms with Gasteiger partial charge in [-0.25, -0.2) is 4.79 Å². The first kappa shape index (κ1) is 23.2. The van der Waals surface area contributed by atoms with Crippen LogP contribution in [-0.4, -0.2) is 53.4 Å². The van der Waals surface area contributed by atoms with E-state index in [0.717, 1.165) is 17.7 Å². The number of rotatable bonds is 6. The van der Waals surface area contributed by atoms with E-state index in [1.54, 1.807) is 0 Å². The minimum Gasteiger partial charge on any atom is -0.454 e. The Bertz CT molecular complexity index is 660. The van der Waals surface area contributed by atoms with Crippen molar-refractivity contribution in [3.05, 3.63) is 0 Å². The highest BCUT2D eigenvalue weighted by Gasteiger charge is 2.53. The maximum Gasteiger partial charge on any atom is 0.326 e. The van der Waals surface area contributed by atoms with E-state index < -0.39 is 36.6 Å². The average Bonchev–Trinajstić information content (AvgIpc) is 2.83. The van der Waals surface area contributed by atoms with Gasteiger partial charge in [-0.2, -0.15) is 0 Å². The smallest absolute Gasteiger partial charge is 0.326 e. The lowest BCUT2D eigenvalue weighted by atomic mass is 9.67. The van der Waals surface area contributed by atoms with Gasteiger partial charge in [0.25, 0.3) is 11.8 Å². The van der Waals surface area contributed by atoms with Crippen molar-refractivity contribution in [1.82, 2.24) is 15.5 Å². The molecule has 1 heterocycles. The average molecular weight is 410 g/mol. The third kappa shape index (κ3) is 5.48. The molecular formula is C21H35N3O5. The molecular weight excluding hydrogens is 374 g/mol. The Morgan fingerprint density at radius 1 is 1.21 bits per heavy atom. The minimum absolute atomic E-state index is 0.0461. The number of hydrogen-bond donors (Lipinski definition) is 2. The highest BCUT2D eigenvalue weighted by atomic mass is 16.5. The van der Waals surface area contributed by atoms with Gasteiger partial charge < -0.3 is 15.4 Å². The molecule has 0 aromatic rings. The van der Waals surface area contributed by atoms with Gasteiger partial charge in [0.1, 0.15) is 12.1 Å². The molecule has 1 aliphatic heterocycles. The highest BCUT2D eigenvalue weighted by molar-refractivity contribution is 6.08. The second-order valence-electron chi connectivity index (χ2n) is 9.80. The number of esters is 1. The molecule has 0 aromatic carbocycles. The number of imide groups is 1. The zero-order valence-corrected chi connectivity index (χ0v) is 18.5.